The van der Waals surface area contributed by atoms with E-state index in [9.17, 15) is 22.8 Å². The SMILES string of the molecule is O=C(NC1CCN(CCCCC2(C(=O)NCC(F)(F)F)c3ccccc3-c3ccccc32)CC1)C1CCOC1. The van der Waals surface area contributed by atoms with Gasteiger partial charge in [-0.05, 0) is 60.9 Å². The Kier molecular flexibility index (Phi) is 8.28. The molecule has 0 radical (unpaired) electrons. The lowest BCUT2D eigenvalue weighted by Gasteiger charge is -2.34. The first-order valence-electron chi connectivity index (χ1n) is 13.9. The van der Waals surface area contributed by atoms with Gasteiger partial charge in [0.05, 0.1) is 12.5 Å². The number of carbonyl (C=O) groups excluding carboxylic acids is 2. The Balaban J connectivity index is 1.21. The van der Waals surface area contributed by atoms with Gasteiger partial charge < -0.3 is 20.3 Å². The average molecular weight is 544 g/mol. The van der Waals surface area contributed by atoms with Gasteiger partial charge >= 0.3 is 6.18 Å². The summed E-state index contributed by atoms with van der Waals surface area (Å²) in [5, 5.41) is 5.38. The zero-order chi connectivity index (χ0) is 27.5. The van der Waals surface area contributed by atoms with Crippen LogP contribution in [0.4, 0.5) is 13.2 Å². The Hall–Kier alpha value is -2.91. The topological polar surface area (TPSA) is 70.7 Å². The van der Waals surface area contributed by atoms with E-state index in [4.69, 9.17) is 4.74 Å². The van der Waals surface area contributed by atoms with Gasteiger partial charge in [0.25, 0.3) is 0 Å². The predicted molar refractivity (Wildman–Crippen MR) is 142 cm³/mol. The average Bonchev–Trinajstić information content (AvgIpc) is 3.57. The van der Waals surface area contributed by atoms with Gasteiger partial charge in [-0.25, -0.2) is 0 Å². The number of rotatable bonds is 9. The van der Waals surface area contributed by atoms with Crippen molar-refractivity contribution in [3.63, 3.8) is 0 Å². The van der Waals surface area contributed by atoms with Gasteiger partial charge in [0.15, 0.2) is 0 Å². The number of likely N-dealkylation sites (tertiary alicyclic amines) is 1. The molecule has 0 aromatic heterocycles. The van der Waals surface area contributed by atoms with E-state index in [0.29, 0.717) is 26.1 Å². The van der Waals surface area contributed by atoms with Crippen LogP contribution >= 0.6 is 0 Å². The Bertz CT molecular complexity index is 1130. The number of alkyl halides is 3. The van der Waals surface area contributed by atoms with Gasteiger partial charge in [-0.1, -0.05) is 55.0 Å². The van der Waals surface area contributed by atoms with E-state index in [1.54, 1.807) is 0 Å². The fraction of sp³-hybridized carbons (Fsp3) is 0.533. The summed E-state index contributed by atoms with van der Waals surface area (Å²) in [6.07, 6.45) is 0.0459. The molecule has 0 spiro atoms. The molecular weight excluding hydrogens is 507 g/mol. The third-order valence-corrected chi connectivity index (χ3v) is 8.41. The summed E-state index contributed by atoms with van der Waals surface area (Å²) in [4.78, 5) is 28.4. The number of nitrogens with one attached hydrogen (secondary N) is 2. The summed E-state index contributed by atoms with van der Waals surface area (Å²) in [5.74, 6) is -0.534. The normalized spacial score (nSPS) is 20.8. The lowest BCUT2D eigenvalue weighted by atomic mass is 9.73. The molecule has 2 amide bonds. The van der Waals surface area contributed by atoms with Gasteiger partial charge in [-0.2, -0.15) is 13.2 Å². The first-order chi connectivity index (χ1) is 18.8. The summed E-state index contributed by atoms with van der Waals surface area (Å²) in [7, 11) is 0. The van der Waals surface area contributed by atoms with E-state index in [-0.39, 0.29) is 17.9 Å². The molecule has 2 aromatic rings. The van der Waals surface area contributed by atoms with Crippen molar-refractivity contribution in [2.45, 2.75) is 56.2 Å². The highest BCUT2D eigenvalue weighted by atomic mass is 19.4. The number of unbranched alkanes of at least 4 members (excludes halogenated alkanes) is 1. The second-order valence-corrected chi connectivity index (χ2v) is 10.9. The maximum Gasteiger partial charge on any atom is 0.405 e. The van der Waals surface area contributed by atoms with Crippen molar-refractivity contribution in [1.82, 2.24) is 15.5 Å². The maximum absolute atomic E-state index is 13.6. The standard InChI is InChI=1S/C30H36F3N3O3/c31-30(32,33)20-34-28(38)29(25-9-3-1-7-23(25)24-8-2-4-10-26(24)29)14-5-6-15-36-16-11-22(12-17-36)35-27(37)21-13-18-39-19-21/h1-4,7-10,21-22H,5-6,11-20H2,(H,34,38)(H,35,37). The summed E-state index contributed by atoms with van der Waals surface area (Å²) in [5.41, 5.74) is 2.21. The molecule has 210 valence electrons. The second kappa shape index (κ2) is 11.7. The monoisotopic (exact) mass is 543 g/mol. The highest BCUT2D eigenvalue weighted by molar-refractivity contribution is 6.00. The smallest absolute Gasteiger partial charge is 0.381 e. The molecule has 2 heterocycles. The molecule has 0 bridgehead atoms. The van der Waals surface area contributed by atoms with Gasteiger partial charge in [-0.3, -0.25) is 9.59 Å². The lowest BCUT2D eigenvalue weighted by molar-refractivity contribution is -0.141. The third kappa shape index (κ3) is 5.99. The second-order valence-electron chi connectivity index (χ2n) is 10.9. The molecule has 0 saturated carbocycles. The Morgan fingerprint density at radius 2 is 1.59 bits per heavy atom. The zero-order valence-corrected chi connectivity index (χ0v) is 22.1. The molecule has 2 saturated heterocycles. The van der Waals surface area contributed by atoms with Crippen molar-refractivity contribution in [3.05, 3.63) is 59.7 Å². The first kappa shape index (κ1) is 27.6. The largest absolute Gasteiger partial charge is 0.405 e. The third-order valence-electron chi connectivity index (χ3n) is 8.41. The van der Waals surface area contributed by atoms with E-state index >= 15 is 0 Å². The number of piperidine rings is 1. The van der Waals surface area contributed by atoms with Crippen molar-refractivity contribution in [2.75, 3.05) is 39.4 Å². The van der Waals surface area contributed by atoms with E-state index in [1.807, 2.05) is 48.5 Å². The van der Waals surface area contributed by atoms with E-state index in [2.05, 4.69) is 15.5 Å². The molecule has 9 heteroatoms. The molecule has 1 aliphatic carbocycles. The van der Waals surface area contributed by atoms with Crippen molar-refractivity contribution in [2.24, 2.45) is 5.92 Å². The summed E-state index contributed by atoms with van der Waals surface area (Å²) < 4.78 is 44.5. The van der Waals surface area contributed by atoms with Crippen molar-refractivity contribution < 1.29 is 27.5 Å². The molecule has 5 rings (SSSR count). The number of benzene rings is 2. The van der Waals surface area contributed by atoms with E-state index < -0.39 is 24.0 Å². The first-order valence-corrected chi connectivity index (χ1v) is 13.9. The number of fused-ring (bicyclic) bond motifs is 3. The van der Waals surface area contributed by atoms with Gasteiger partial charge in [0, 0.05) is 25.7 Å². The van der Waals surface area contributed by atoms with Crippen LogP contribution in [0.25, 0.3) is 11.1 Å². The fourth-order valence-electron chi connectivity index (χ4n) is 6.37. The minimum atomic E-state index is -4.48. The Labute approximate surface area is 227 Å². The zero-order valence-electron chi connectivity index (χ0n) is 22.1. The summed E-state index contributed by atoms with van der Waals surface area (Å²) in [6.45, 7) is 2.43. The number of hydrogen-bond acceptors (Lipinski definition) is 4. The van der Waals surface area contributed by atoms with E-state index in [1.165, 1.54) is 0 Å². The quantitative estimate of drug-likeness (QED) is 0.460. The van der Waals surface area contributed by atoms with Crippen LogP contribution < -0.4 is 10.6 Å². The molecular formula is C30H36F3N3O3. The lowest BCUT2D eigenvalue weighted by Crippen LogP contribution is -2.47. The fourth-order valence-corrected chi connectivity index (χ4v) is 6.37. The van der Waals surface area contributed by atoms with Crippen LogP contribution in [0.1, 0.15) is 49.7 Å². The van der Waals surface area contributed by atoms with Gasteiger partial charge in [0.1, 0.15) is 12.0 Å². The van der Waals surface area contributed by atoms with Crippen molar-refractivity contribution >= 4 is 11.8 Å². The summed E-state index contributed by atoms with van der Waals surface area (Å²) in [6, 6.07) is 15.3. The van der Waals surface area contributed by atoms with Crippen LogP contribution in [0.5, 0.6) is 0 Å². The minimum Gasteiger partial charge on any atom is -0.381 e. The molecule has 39 heavy (non-hydrogen) atoms. The van der Waals surface area contributed by atoms with Crippen LogP contribution in [-0.2, 0) is 19.7 Å². The van der Waals surface area contributed by atoms with E-state index in [0.717, 1.165) is 67.6 Å². The minimum absolute atomic E-state index is 0.0328. The number of amides is 2. The molecule has 2 aromatic carbocycles. The summed E-state index contributed by atoms with van der Waals surface area (Å²) >= 11 is 0. The van der Waals surface area contributed by atoms with Crippen LogP contribution in [-0.4, -0.2) is 68.3 Å². The predicted octanol–water partition coefficient (Wildman–Crippen LogP) is 4.42. The molecule has 2 N–H and O–H groups in total. The molecule has 3 aliphatic rings. The van der Waals surface area contributed by atoms with Gasteiger partial charge in [-0.15, -0.1) is 0 Å². The molecule has 6 nitrogen and oxygen atoms in total. The molecule has 1 atom stereocenters. The highest BCUT2D eigenvalue weighted by Crippen LogP contribution is 2.51. The molecule has 2 fully saturated rings. The van der Waals surface area contributed by atoms with Crippen LogP contribution in [0.2, 0.25) is 0 Å². The molecule has 1 unspecified atom stereocenters. The molecule has 2 aliphatic heterocycles. The number of halogens is 3. The Morgan fingerprint density at radius 3 is 2.18 bits per heavy atom. The van der Waals surface area contributed by atoms with Crippen LogP contribution in [0, 0.1) is 5.92 Å². The maximum atomic E-state index is 13.6. The van der Waals surface area contributed by atoms with Crippen LogP contribution in [0.3, 0.4) is 0 Å². The van der Waals surface area contributed by atoms with Crippen molar-refractivity contribution in [3.8, 4) is 11.1 Å². The Morgan fingerprint density at radius 1 is 0.949 bits per heavy atom. The van der Waals surface area contributed by atoms with Gasteiger partial charge in [0.2, 0.25) is 11.8 Å². The number of ether oxygens (including phenoxy) is 1. The highest BCUT2D eigenvalue weighted by Gasteiger charge is 2.49. The number of carbonyl (C=O) groups is 2. The van der Waals surface area contributed by atoms with Crippen molar-refractivity contribution in [1.29, 1.82) is 0 Å². The number of hydrogen-bond donors (Lipinski definition) is 2. The number of nitrogens with zero attached hydrogens (tertiary/aromatic N) is 1. The van der Waals surface area contributed by atoms with Crippen LogP contribution in [0.15, 0.2) is 48.5 Å².